The number of fused-ring (bicyclic) bond motifs is 5. The molecule has 118 valence electrons. The van der Waals surface area contributed by atoms with Crippen LogP contribution in [-0.2, 0) is 11.2 Å². The quantitative estimate of drug-likeness (QED) is 0.867. The summed E-state index contributed by atoms with van der Waals surface area (Å²) < 4.78 is 5.35. The van der Waals surface area contributed by atoms with Gasteiger partial charge >= 0.3 is 0 Å². The minimum atomic E-state index is -0.731. The first kappa shape index (κ1) is 14.3. The first-order valence-corrected chi connectivity index (χ1v) is 8.44. The molecule has 5 unspecified atom stereocenters. The van der Waals surface area contributed by atoms with Gasteiger partial charge in [-0.25, -0.2) is 0 Å². The highest BCUT2D eigenvalue weighted by atomic mass is 16.5. The van der Waals surface area contributed by atoms with Crippen LogP contribution in [0.15, 0.2) is 18.2 Å². The van der Waals surface area contributed by atoms with Crippen LogP contribution < -0.4 is 4.74 Å². The third-order valence-corrected chi connectivity index (χ3v) is 6.67. The van der Waals surface area contributed by atoms with Gasteiger partial charge < -0.3 is 9.84 Å². The Balaban J connectivity index is 1.70. The number of carbonyl (C=O) groups is 1. The molecule has 0 heterocycles. The van der Waals surface area contributed by atoms with E-state index < -0.39 is 6.10 Å². The number of hydrogen-bond acceptors (Lipinski definition) is 3. The maximum Gasteiger partial charge on any atom is 0.167 e. The van der Waals surface area contributed by atoms with Crippen LogP contribution in [0.25, 0.3) is 0 Å². The molecular weight excluding hydrogens is 276 g/mol. The van der Waals surface area contributed by atoms with Crippen molar-refractivity contribution in [2.75, 3.05) is 7.11 Å². The largest absolute Gasteiger partial charge is 0.497 e. The van der Waals surface area contributed by atoms with Gasteiger partial charge in [0.05, 0.1) is 7.11 Å². The molecule has 22 heavy (non-hydrogen) atoms. The predicted octanol–water partition coefficient (Wildman–Crippen LogP) is 3.09. The van der Waals surface area contributed by atoms with Crippen molar-refractivity contribution < 1.29 is 14.6 Å². The number of carbonyl (C=O) groups excluding carboxylic acids is 1. The van der Waals surface area contributed by atoms with E-state index in [1.54, 1.807) is 7.11 Å². The molecule has 4 rings (SSSR count). The van der Waals surface area contributed by atoms with E-state index in [1.165, 1.54) is 11.1 Å². The Morgan fingerprint density at radius 2 is 2.14 bits per heavy atom. The Morgan fingerprint density at radius 1 is 1.32 bits per heavy atom. The summed E-state index contributed by atoms with van der Waals surface area (Å²) in [5, 5.41) is 10.1. The number of methoxy groups -OCH3 is 1. The molecule has 5 atom stereocenters. The smallest absolute Gasteiger partial charge is 0.167 e. The molecule has 0 saturated heterocycles. The van der Waals surface area contributed by atoms with Crippen molar-refractivity contribution in [3.05, 3.63) is 29.3 Å². The number of ether oxygens (including phenoxy) is 1. The van der Waals surface area contributed by atoms with E-state index in [2.05, 4.69) is 25.1 Å². The molecule has 2 saturated carbocycles. The zero-order valence-electron chi connectivity index (χ0n) is 13.3. The number of Topliss-reactive ketones (excluding diaryl/α,β-unsaturated/α-hetero) is 1. The summed E-state index contributed by atoms with van der Waals surface area (Å²) in [6, 6.07) is 6.46. The molecule has 0 radical (unpaired) electrons. The fraction of sp³-hybridized carbons (Fsp3) is 0.632. The summed E-state index contributed by atoms with van der Waals surface area (Å²) in [5.41, 5.74) is 2.58. The maximum absolute atomic E-state index is 12.4. The van der Waals surface area contributed by atoms with E-state index in [-0.39, 0.29) is 11.2 Å². The molecular formula is C19H24O3. The zero-order valence-corrected chi connectivity index (χ0v) is 13.3. The first-order valence-electron chi connectivity index (χ1n) is 8.44. The van der Waals surface area contributed by atoms with Crippen LogP contribution in [-0.4, -0.2) is 24.1 Å². The van der Waals surface area contributed by atoms with Crippen molar-refractivity contribution in [2.24, 2.45) is 17.3 Å². The molecule has 3 aliphatic rings. The average Bonchev–Trinajstić information content (AvgIpc) is 2.77. The Kier molecular flexibility index (Phi) is 3.12. The summed E-state index contributed by atoms with van der Waals surface area (Å²) >= 11 is 0. The van der Waals surface area contributed by atoms with Crippen molar-refractivity contribution >= 4 is 5.78 Å². The summed E-state index contributed by atoms with van der Waals surface area (Å²) in [5.74, 6) is 2.47. The molecule has 0 amide bonds. The highest BCUT2D eigenvalue weighted by Gasteiger charge is 2.57. The third kappa shape index (κ3) is 1.81. The lowest BCUT2D eigenvalue weighted by Gasteiger charge is -2.48. The van der Waals surface area contributed by atoms with Crippen LogP contribution in [0.4, 0.5) is 0 Å². The van der Waals surface area contributed by atoms with Crippen molar-refractivity contribution in [3.63, 3.8) is 0 Å². The number of aliphatic hydroxyl groups is 1. The van der Waals surface area contributed by atoms with E-state index in [4.69, 9.17) is 4.74 Å². The molecule has 1 aromatic carbocycles. The van der Waals surface area contributed by atoms with Crippen LogP contribution >= 0.6 is 0 Å². The minimum Gasteiger partial charge on any atom is -0.497 e. The van der Waals surface area contributed by atoms with Gasteiger partial charge in [-0.3, -0.25) is 4.79 Å². The molecule has 1 aromatic rings. The van der Waals surface area contributed by atoms with E-state index in [0.717, 1.165) is 31.4 Å². The second-order valence-corrected chi connectivity index (χ2v) is 7.55. The van der Waals surface area contributed by atoms with E-state index in [9.17, 15) is 9.90 Å². The normalized spacial score (nSPS) is 39.9. The summed E-state index contributed by atoms with van der Waals surface area (Å²) in [4.78, 5) is 12.4. The molecule has 3 heteroatoms. The maximum atomic E-state index is 12.4. The van der Waals surface area contributed by atoms with E-state index in [0.29, 0.717) is 24.2 Å². The van der Waals surface area contributed by atoms with Crippen molar-refractivity contribution in [3.8, 4) is 5.75 Å². The average molecular weight is 300 g/mol. The summed E-state index contributed by atoms with van der Waals surface area (Å²) in [6.07, 6.45) is 4.11. The highest BCUT2D eigenvalue weighted by Crippen LogP contribution is 2.59. The van der Waals surface area contributed by atoms with Crippen molar-refractivity contribution in [1.29, 1.82) is 0 Å². The SMILES string of the molecule is COc1ccc2c(c1)CCC1C2CCC2(C)C(=O)C(O)CC12. The minimum absolute atomic E-state index is 0.0940. The molecule has 0 spiro atoms. The van der Waals surface area contributed by atoms with Crippen molar-refractivity contribution in [1.82, 2.24) is 0 Å². The third-order valence-electron chi connectivity index (χ3n) is 6.67. The van der Waals surface area contributed by atoms with Gasteiger partial charge in [-0.1, -0.05) is 13.0 Å². The van der Waals surface area contributed by atoms with Gasteiger partial charge in [-0.15, -0.1) is 0 Å². The standard InChI is InChI=1S/C19H24O3/c1-19-8-7-14-13-6-4-12(22-2)9-11(13)3-5-15(14)16(19)10-17(20)18(19)21/h4,6,9,14-17,20H,3,5,7-8,10H2,1-2H3. The molecule has 0 bridgehead atoms. The van der Waals surface area contributed by atoms with Gasteiger partial charge in [0.25, 0.3) is 0 Å². The predicted molar refractivity (Wildman–Crippen MR) is 84.0 cm³/mol. The van der Waals surface area contributed by atoms with Gasteiger partial charge in [0, 0.05) is 5.41 Å². The lowest BCUT2D eigenvalue weighted by Crippen LogP contribution is -2.42. The monoisotopic (exact) mass is 300 g/mol. The highest BCUT2D eigenvalue weighted by molar-refractivity contribution is 5.91. The first-order chi connectivity index (χ1) is 10.5. The lowest BCUT2D eigenvalue weighted by atomic mass is 9.55. The second kappa shape index (κ2) is 4.82. The fourth-order valence-corrected chi connectivity index (χ4v) is 5.47. The molecule has 3 nitrogen and oxygen atoms in total. The van der Waals surface area contributed by atoms with Gasteiger partial charge in [-0.05, 0) is 73.1 Å². The van der Waals surface area contributed by atoms with Crippen LogP contribution in [0.3, 0.4) is 0 Å². The Hall–Kier alpha value is -1.35. The van der Waals surface area contributed by atoms with Crippen LogP contribution in [0.2, 0.25) is 0 Å². The number of ketones is 1. The number of aryl methyl sites for hydroxylation is 1. The molecule has 0 aromatic heterocycles. The van der Waals surface area contributed by atoms with Gasteiger partial charge in [0.15, 0.2) is 5.78 Å². The molecule has 0 aliphatic heterocycles. The summed E-state index contributed by atoms with van der Waals surface area (Å²) in [6.45, 7) is 2.09. The van der Waals surface area contributed by atoms with Gasteiger partial charge in [0.2, 0.25) is 0 Å². The second-order valence-electron chi connectivity index (χ2n) is 7.55. The Morgan fingerprint density at radius 3 is 2.91 bits per heavy atom. The van der Waals surface area contributed by atoms with Crippen molar-refractivity contribution in [2.45, 2.75) is 51.0 Å². The van der Waals surface area contributed by atoms with Crippen LogP contribution in [0, 0.1) is 17.3 Å². The number of rotatable bonds is 1. The van der Waals surface area contributed by atoms with Crippen LogP contribution in [0.5, 0.6) is 5.75 Å². The van der Waals surface area contributed by atoms with Gasteiger partial charge in [0.1, 0.15) is 11.9 Å². The lowest BCUT2D eigenvalue weighted by molar-refractivity contribution is -0.134. The number of benzene rings is 1. The van der Waals surface area contributed by atoms with Crippen LogP contribution in [0.1, 0.15) is 49.7 Å². The molecule has 3 aliphatic carbocycles. The van der Waals surface area contributed by atoms with E-state index in [1.807, 2.05) is 0 Å². The Bertz CT molecular complexity index is 623. The van der Waals surface area contributed by atoms with Gasteiger partial charge in [-0.2, -0.15) is 0 Å². The Labute approximate surface area is 131 Å². The molecule has 2 fully saturated rings. The summed E-state index contributed by atoms with van der Waals surface area (Å²) in [7, 11) is 1.71. The number of hydrogen-bond donors (Lipinski definition) is 1. The molecule has 1 N–H and O–H groups in total. The zero-order chi connectivity index (χ0) is 15.5. The van der Waals surface area contributed by atoms with E-state index >= 15 is 0 Å². The fourth-order valence-electron chi connectivity index (χ4n) is 5.47. The number of aliphatic hydroxyl groups excluding tert-OH is 1. The topological polar surface area (TPSA) is 46.5 Å².